The van der Waals surface area contributed by atoms with Gasteiger partial charge in [0.25, 0.3) is 5.56 Å². The van der Waals surface area contributed by atoms with Crippen LogP contribution >= 0.6 is 0 Å². The maximum absolute atomic E-state index is 14.5. The molecule has 0 saturated heterocycles. The lowest BCUT2D eigenvalue weighted by atomic mass is 9.88. The summed E-state index contributed by atoms with van der Waals surface area (Å²) in [6.07, 6.45) is 2.26. The standard InChI is InChI=1S/C27H30FN3O6/c1-4-27(35,13-32)21-9-24-25-19(11-31(24)26(34)20(21)12-36-3)17(6-5-7-37-15-29-14-33)18-8-16(2)22(28)10-23(18)30-25/h8-10,13-14,35H,4-7,11-12,15H2,1-3H3,(H,29,33)/t27-/m1/s1. The van der Waals surface area contributed by atoms with Crippen molar-refractivity contribution in [3.63, 3.8) is 0 Å². The Bertz CT molecular complexity index is 1420. The van der Waals surface area contributed by atoms with Crippen LogP contribution in [0.5, 0.6) is 0 Å². The first-order chi connectivity index (χ1) is 17.8. The molecule has 1 atom stereocenters. The predicted octanol–water partition coefficient (Wildman–Crippen LogP) is 2.47. The first kappa shape index (κ1) is 26.6. The van der Waals surface area contributed by atoms with E-state index in [0.29, 0.717) is 54.6 Å². The molecule has 3 aromatic rings. The molecule has 1 amide bonds. The second-order valence-corrected chi connectivity index (χ2v) is 9.16. The fourth-order valence-electron chi connectivity index (χ4n) is 4.89. The van der Waals surface area contributed by atoms with Crippen molar-refractivity contribution in [2.24, 2.45) is 0 Å². The Hall–Kier alpha value is -3.47. The summed E-state index contributed by atoms with van der Waals surface area (Å²) in [5.41, 5.74) is 1.82. The van der Waals surface area contributed by atoms with Crippen LogP contribution in [0.25, 0.3) is 22.3 Å². The van der Waals surface area contributed by atoms with Crippen molar-refractivity contribution >= 4 is 23.6 Å². The summed E-state index contributed by atoms with van der Waals surface area (Å²) in [5, 5.41) is 14.3. The molecule has 0 aliphatic carbocycles. The van der Waals surface area contributed by atoms with E-state index in [1.54, 1.807) is 30.5 Å². The van der Waals surface area contributed by atoms with E-state index < -0.39 is 5.60 Å². The molecule has 2 aromatic heterocycles. The number of aliphatic hydroxyl groups is 1. The smallest absolute Gasteiger partial charge is 0.257 e. The van der Waals surface area contributed by atoms with Gasteiger partial charge < -0.3 is 24.5 Å². The van der Waals surface area contributed by atoms with Gasteiger partial charge in [0.15, 0.2) is 6.29 Å². The number of fused-ring (bicyclic) bond motifs is 4. The van der Waals surface area contributed by atoms with Crippen LogP contribution in [0.3, 0.4) is 0 Å². The number of carbonyl (C=O) groups is 2. The lowest BCUT2D eigenvalue weighted by Crippen LogP contribution is -2.34. The molecule has 0 saturated carbocycles. The second kappa shape index (κ2) is 10.9. The third-order valence-electron chi connectivity index (χ3n) is 6.92. The molecule has 0 spiro atoms. The number of aromatic nitrogens is 2. The Labute approximate surface area is 213 Å². The highest BCUT2D eigenvalue weighted by Gasteiger charge is 2.35. The molecule has 0 radical (unpaired) electrons. The van der Waals surface area contributed by atoms with Crippen molar-refractivity contribution < 1.29 is 28.6 Å². The fraction of sp³-hybridized carbons (Fsp3) is 0.407. The number of nitrogens with zero attached hydrogens (tertiary/aromatic N) is 2. The summed E-state index contributed by atoms with van der Waals surface area (Å²) in [5.74, 6) is -0.387. The van der Waals surface area contributed by atoms with Crippen LogP contribution in [-0.2, 0) is 44.2 Å². The van der Waals surface area contributed by atoms with Gasteiger partial charge in [-0.15, -0.1) is 0 Å². The van der Waals surface area contributed by atoms with Crippen molar-refractivity contribution in [2.45, 2.75) is 51.9 Å². The molecule has 1 aliphatic heterocycles. The minimum Gasteiger partial charge on any atom is -0.380 e. The largest absolute Gasteiger partial charge is 0.380 e. The number of aryl methyl sites for hydroxylation is 2. The molecule has 4 rings (SSSR count). The summed E-state index contributed by atoms with van der Waals surface area (Å²) in [7, 11) is 1.44. The zero-order valence-electron chi connectivity index (χ0n) is 21.1. The van der Waals surface area contributed by atoms with Gasteiger partial charge in [0.2, 0.25) is 6.41 Å². The Morgan fingerprint density at radius 3 is 2.73 bits per heavy atom. The maximum atomic E-state index is 14.5. The Balaban J connectivity index is 1.89. The maximum Gasteiger partial charge on any atom is 0.257 e. The highest BCUT2D eigenvalue weighted by Crippen LogP contribution is 2.39. The lowest BCUT2D eigenvalue weighted by molar-refractivity contribution is -0.125. The number of hydrogen-bond acceptors (Lipinski definition) is 7. The monoisotopic (exact) mass is 511 g/mol. The van der Waals surface area contributed by atoms with Crippen LogP contribution in [-0.4, -0.2) is 47.8 Å². The number of nitrogens with one attached hydrogen (secondary N) is 1. The van der Waals surface area contributed by atoms with Crippen molar-refractivity contribution in [3.8, 4) is 11.4 Å². The Morgan fingerprint density at radius 1 is 1.27 bits per heavy atom. The van der Waals surface area contributed by atoms with E-state index >= 15 is 0 Å². The third-order valence-corrected chi connectivity index (χ3v) is 6.92. The molecule has 0 fully saturated rings. The predicted molar refractivity (Wildman–Crippen MR) is 135 cm³/mol. The van der Waals surface area contributed by atoms with Crippen molar-refractivity contribution in [1.29, 1.82) is 0 Å². The summed E-state index contributed by atoms with van der Waals surface area (Å²) >= 11 is 0. The third kappa shape index (κ3) is 4.79. The first-order valence-corrected chi connectivity index (χ1v) is 12.1. The number of pyridine rings is 2. The van der Waals surface area contributed by atoms with Gasteiger partial charge in [-0.25, -0.2) is 9.37 Å². The molecule has 0 unspecified atom stereocenters. The number of carbonyl (C=O) groups excluding carboxylic acids is 2. The van der Waals surface area contributed by atoms with Crippen LogP contribution in [0, 0.1) is 12.7 Å². The van der Waals surface area contributed by atoms with Gasteiger partial charge in [0.1, 0.15) is 18.1 Å². The molecule has 196 valence electrons. The molecule has 0 bridgehead atoms. The molecule has 1 aromatic carbocycles. The Kier molecular flexibility index (Phi) is 7.82. The zero-order valence-corrected chi connectivity index (χ0v) is 21.1. The topological polar surface area (TPSA) is 120 Å². The van der Waals surface area contributed by atoms with Crippen LogP contribution in [0.15, 0.2) is 23.0 Å². The van der Waals surface area contributed by atoms with Crippen LogP contribution in [0.1, 0.15) is 47.6 Å². The van der Waals surface area contributed by atoms with E-state index in [1.165, 1.54) is 13.2 Å². The molecule has 10 heteroatoms. The summed E-state index contributed by atoms with van der Waals surface area (Å²) < 4.78 is 26.8. The van der Waals surface area contributed by atoms with Crippen LogP contribution in [0.2, 0.25) is 0 Å². The quantitative estimate of drug-likeness (QED) is 0.170. The van der Waals surface area contributed by atoms with Gasteiger partial charge in [-0.05, 0) is 49.4 Å². The molecule has 3 heterocycles. The van der Waals surface area contributed by atoms with E-state index in [9.17, 15) is 23.9 Å². The number of ether oxygens (including phenoxy) is 2. The van der Waals surface area contributed by atoms with Gasteiger partial charge >= 0.3 is 0 Å². The number of methoxy groups -OCH3 is 1. The SMILES string of the molecule is CC[C@@](O)(C=O)c1cc2n(c(=O)c1COC)Cc1c-2nc2cc(F)c(C)cc2c1CCCOCNC=O. The number of hydrogen-bond donors (Lipinski definition) is 2. The Morgan fingerprint density at radius 2 is 2.05 bits per heavy atom. The van der Waals surface area contributed by atoms with E-state index in [-0.39, 0.29) is 48.8 Å². The molecule has 2 N–H and O–H groups in total. The van der Waals surface area contributed by atoms with E-state index in [2.05, 4.69) is 5.32 Å². The second-order valence-electron chi connectivity index (χ2n) is 9.16. The number of aldehydes is 1. The van der Waals surface area contributed by atoms with Gasteiger partial charge in [0.05, 0.1) is 30.1 Å². The van der Waals surface area contributed by atoms with Crippen LogP contribution in [0.4, 0.5) is 4.39 Å². The highest BCUT2D eigenvalue weighted by molar-refractivity contribution is 5.89. The molecule has 9 nitrogen and oxygen atoms in total. The minimum absolute atomic E-state index is 0.0697. The lowest BCUT2D eigenvalue weighted by Gasteiger charge is -2.24. The highest BCUT2D eigenvalue weighted by atomic mass is 19.1. The summed E-state index contributed by atoms with van der Waals surface area (Å²) in [4.78, 5) is 40.7. The number of halogens is 1. The molecular formula is C27H30FN3O6. The van der Waals surface area contributed by atoms with Gasteiger partial charge in [0, 0.05) is 41.9 Å². The number of benzene rings is 1. The van der Waals surface area contributed by atoms with Gasteiger partial charge in [-0.1, -0.05) is 6.92 Å². The molecular weight excluding hydrogens is 481 g/mol. The zero-order chi connectivity index (χ0) is 26.7. The fourth-order valence-corrected chi connectivity index (χ4v) is 4.89. The van der Waals surface area contributed by atoms with E-state index in [1.807, 2.05) is 0 Å². The van der Waals surface area contributed by atoms with Crippen molar-refractivity contribution in [2.75, 3.05) is 20.4 Å². The van der Waals surface area contributed by atoms with Crippen molar-refractivity contribution in [1.82, 2.24) is 14.9 Å². The normalized spacial score (nSPS) is 13.8. The summed E-state index contributed by atoms with van der Waals surface area (Å²) in [6, 6.07) is 4.77. The average molecular weight is 512 g/mol. The average Bonchev–Trinajstić information content (AvgIpc) is 3.26. The number of rotatable bonds is 12. The summed E-state index contributed by atoms with van der Waals surface area (Å²) in [6.45, 7) is 4.01. The van der Waals surface area contributed by atoms with E-state index in [0.717, 1.165) is 16.5 Å². The van der Waals surface area contributed by atoms with E-state index in [4.69, 9.17) is 14.5 Å². The van der Waals surface area contributed by atoms with Crippen LogP contribution < -0.4 is 10.9 Å². The van der Waals surface area contributed by atoms with Gasteiger partial charge in [-0.3, -0.25) is 14.4 Å². The number of amides is 1. The van der Waals surface area contributed by atoms with Gasteiger partial charge in [-0.2, -0.15) is 0 Å². The first-order valence-electron chi connectivity index (χ1n) is 12.1. The molecule has 37 heavy (non-hydrogen) atoms. The molecule has 1 aliphatic rings. The van der Waals surface area contributed by atoms with Crippen molar-refractivity contribution in [3.05, 3.63) is 62.2 Å². The minimum atomic E-state index is -1.86.